The number of nitro groups is 1. The maximum absolute atomic E-state index is 12.9. The highest BCUT2D eigenvalue weighted by atomic mass is 32.2. The third-order valence-corrected chi connectivity index (χ3v) is 6.31. The highest BCUT2D eigenvalue weighted by Crippen LogP contribution is 2.34. The predicted molar refractivity (Wildman–Crippen MR) is 100 cm³/mol. The molecule has 9 heteroatoms. The number of nitro benzene ring substituents is 1. The highest BCUT2D eigenvalue weighted by molar-refractivity contribution is 7.90. The van der Waals surface area contributed by atoms with E-state index in [0.717, 1.165) is 11.1 Å². The smallest absolute Gasteiger partial charge is 0.269 e. The van der Waals surface area contributed by atoms with Crippen LogP contribution >= 0.6 is 0 Å². The Labute approximate surface area is 157 Å². The maximum atomic E-state index is 12.9. The minimum atomic E-state index is -3.72. The van der Waals surface area contributed by atoms with Gasteiger partial charge in [-0.25, -0.2) is 13.1 Å². The van der Waals surface area contributed by atoms with Crippen LogP contribution in [0.2, 0.25) is 0 Å². The summed E-state index contributed by atoms with van der Waals surface area (Å²) < 4.78 is 28.4. The first-order valence-corrected chi connectivity index (χ1v) is 9.96. The molecular weight excluding hydrogens is 370 g/mol. The molecule has 2 aromatic rings. The highest BCUT2D eigenvalue weighted by Gasteiger charge is 2.43. The summed E-state index contributed by atoms with van der Waals surface area (Å²) in [6.45, 7) is 2.09. The number of hydrogen-bond donors (Lipinski definition) is 1. The van der Waals surface area contributed by atoms with Gasteiger partial charge in [0.05, 0.1) is 17.6 Å². The van der Waals surface area contributed by atoms with E-state index in [9.17, 15) is 18.5 Å². The number of non-ortho nitro benzene ring substituents is 1. The molecule has 0 saturated carbocycles. The maximum Gasteiger partial charge on any atom is 0.269 e. The first kappa shape index (κ1) is 19.4. The molecule has 1 aliphatic heterocycles. The largest absolute Gasteiger partial charge is 0.297 e. The number of hydroxylamine groups is 2. The van der Waals surface area contributed by atoms with Crippen molar-refractivity contribution in [2.75, 3.05) is 13.7 Å². The fourth-order valence-corrected chi connectivity index (χ4v) is 4.71. The first-order chi connectivity index (χ1) is 12.8. The van der Waals surface area contributed by atoms with Gasteiger partial charge in [-0.3, -0.25) is 15.0 Å². The number of aryl methyl sites for hydroxylation is 1. The van der Waals surface area contributed by atoms with Crippen LogP contribution in [-0.4, -0.2) is 37.3 Å². The Morgan fingerprint density at radius 3 is 2.70 bits per heavy atom. The van der Waals surface area contributed by atoms with Crippen molar-refractivity contribution in [1.29, 1.82) is 0 Å². The molecule has 1 fully saturated rings. The molecule has 1 heterocycles. The summed E-state index contributed by atoms with van der Waals surface area (Å²) in [4.78, 5) is 16.0. The van der Waals surface area contributed by atoms with E-state index in [1.807, 2.05) is 31.2 Å². The van der Waals surface area contributed by atoms with Gasteiger partial charge in [-0.15, -0.1) is 0 Å². The average molecular weight is 391 g/mol. The van der Waals surface area contributed by atoms with Crippen LogP contribution in [0, 0.1) is 17.0 Å². The molecule has 27 heavy (non-hydrogen) atoms. The quantitative estimate of drug-likeness (QED) is 0.599. The molecule has 0 spiro atoms. The third kappa shape index (κ3) is 4.33. The lowest BCUT2D eigenvalue weighted by Gasteiger charge is -2.23. The zero-order valence-corrected chi connectivity index (χ0v) is 15.8. The van der Waals surface area contributed by atoms with E-state index >= 15 is 0 Å². The van der Waals surface area contributed by atoms with Crippen LogP contribution < -0.4 is 4.72 Å². The van der Waals surface area contributed by atoms with Crippen molar-refractivity contribution in [2.45, 2.75) is 24.8 Å². The van der Waals surface area contributed by atoms with Crippen LogP contribution in [0.25, 0.3) is 0 Å². The molecular formula is C18H21N3O5S. The molecule has 8 nitrogen and oxygen atoms in total. The number of rotatable bonds is 6. The lowest BCUT2D eigenvalue weighted by atomic mass is 10.0. The fraction of sp³-hybridized carbons (Fsp3) is 0.333. The van der Waals surface area contributed by atoms with Crippen molar-refractivity contribution >= 4 is 15.7 Å². The van der Waals surface area contributed by atoms with Crippen molar-refractivity contribution in [3.8, 4) is 0 Å². The predicted octanol–water partition coefficient (Wildman–Crippen LogP) is 2.31. The SMILES string of the molecule is Cc1cccc(CNS(=O)(=O)[C@H]2CON(C)[C@H]2c2cccc([N+](=O)[O-])c2)c1. The van der Waals surface area contributed by atoms with Crippen molar-refractivity contribution in [3.63, 3.8) is 0 Å². The second-order valence-electron chi connectivity index (χ2n) is 6.53. The van der Waals surface area contributed by atoms with Gasteiger partial charge in [-0.1, -0.05) is 42.0 Å². The average Bonchev–Trinajstić information content (AvgIpc) is 3.03. The summed E-state index contributed by atoms with van der Waals surface area (Å²) in [6, 6.07) is 12.9. The Bertz CT molecular complexity index is 948. The van der Waals surface area contributed by atoms with Gasteiger partial charge in [0.1, 0.15) is 5.25 Å². The van der Waals surface area contributed by atoms with E-state index in [2.05, 4.69) is 4.72 Å². The van der Waals surface area contributed by atoms with Gasteiger partial charge < -0.3 is 0 Å². The molecule has 2 atom stereocenters. The molecule has 0 unspecified atom stereocenters. The van der Waals surface area contributed by atoms with Crippen molar-refractivity contribution in [3.05, 3.63) is 75.3 Å². The number of nitrogens with one attached hydrogen (secondary N) is 1. The van der Waals surface area contributed by atoms with E-state index < -0.39 is 26.2 Å². The molecule has 0 radical (unpaired) electrons. The van der Waals surface area contributed by atoms with Gasteiger partial charge in [-0.05, 0) is 18.1 Å². The lowest BCUT2D eigenvalue weighted by molar-refractivity contribution is -0.385. The first-order valence-electron chi connectivity index (χ1n) is 8.42. The summed E-state index contributed by atoms with van der Waals surface area (Å²) in [5, 5.41) is 11.6. The van der Waals surface area contributed by atoms with Gasteiger partial charge in [0.15, 0.2) is 0 Å². The van der Waals surface area contributed by atoms with Crippen LogP contribution in [0.5, 0.6) is 0 Å². The zero-order chi connectivity index (χ0) is 19.6. The van der Waals surface area contributed by atoms with Crippen molar-refractivity contribution in [2.24, 2.45) is 0 Å². The Balaban J connectivity index is 1.83. The molecule has 0 aliphatic carbocycles. The zero-order valence-electron chi connectivity index (χ0n) is 15.0. The second kappa shape index (κ2) is 7.73. The molecule has 1 aliphatic rings. The van der Waals surface area contributed by atoms with E-state index in [1.54, 1.807) is 19.2 Å². The summed E-state index contributed by atoms with van der Waals surface area (Å²) >= 11 is 0. The van der Waals surface area contributed by atoms with E-state index in [-0.39, 0.29) is 18.8 Å². The van der Waals surface area contributed by atoms with Crippen LogP contribution in [0.4, 0.5) is 5.69 Å². The van der Waals surface area contributed by atoms with E-state index in [4.69, 9.17) is 4.84 Å². The van der Waals surface area contributed by atoms with Gasteiger partial charge >= 0.3 is 0 Å². The van der Waals surface area contributed by atoms with Crippen LogP contribution in [0.15, 0.2) is 48.5 Å². The van der Waals surface area contributed by atoms with Gasteiger partial charge in [0.2, 0.25) is 10.0 Å². The van der Waals surface area contributed by atoms with E-state index in [0.29, 0.717) is 5.56 Å². The molecule has 2 aromatic carbocycles. The Morgan fingerprint density at radius 2 is 2.00 bits per heavy atom. The summed E-state index contributed by atoms with van der Waals surface area (Å²) in [7, 11) is -2.10. The van der Waals surface area contributed by atoms with Crippen molar-refractivity contribution < 1.29 is 18.2 Å². The number of benzene rings is 2. The van der Waals surface area contributed by atoms with E-state index in [1.165, 1.54) is 17.2 Å². The number of nitrogens with zero attached hydrogens (tertiary/aromatic N) is 2. The summed E-state index contributed by atoms with van der Waals surface area (Å²) in [6.07, 6.45) is 0. The third-order valence-electron chi connectivity index (χ3n) is 4.57. The molecule has 1 N–H and O–H groups in total. The molecule has 3 rings (SSSR count). The molecule has 0 aromatic heterocycles. The standard InChI is InChI=1S/C18H21N3O5S/c1-13-5-3-6-14(9-13)11-19-27(24,25)17-12-26-20(2)18(17)15-7-4-8-16(10-15)21(22)23/h3-10,17-19H,11-12H2,1-2H3/t17-,18-/m0/s1. The summed E-state index contributed by atoms with van der Waals surface area (Å²) in [5.74, 6) is 0. The molecule has 144 valence electrons. The number of sulfonamides is 1. The topological polar surface area (TPSA) is 102 Å². The monoisotopic (exact) mass is 391 g/mol. The Kier molecular flexibility index (Phi) is 5.56. The van der Waals surface area contributed by atoms with Crippen LogP contribution in [0.1, 0.15) is 22.7 Å². The van der Waals surface area contributed by atoms with Gasteiger partial charge in [-0.2, -0.15) is 5.06 Å². The Morgan fingerprint density at radius 1 is 1.26 bits per heavy atom. The lowest BCUT2D eigenvalue weighted by Crippen LogP contribution is -2.39. The molecule has 1 saturated heterocycles. The Hall–Kier alpha value is -2.33. The second-order valence-corrected chi connectivity index (χ2v) is 8.52. The van der Waals surface area contributed by atoms with Crippen molar-refractivity contribution in [1.82, 2.24) is 9.79 Å². The minimum Gasteiger partial charge on any atom is -0.297 e. The normalized spacial score (nSPS) is 20.7. The molecule has 0 amide bonds. The van der Waals surface area contributed by atoms with Crippen LogP contribution in [0.3, 0.4) is 0 Å². The minimum absolute atomic E-state index is 0.0208. The fourth-order valence-electron chi connectivity index (χ4n) is 3.22. The number of hydrogen-bond acceptors (Lipinski definition) is 6. The van der Waals surface area contributed by atoms with Gasteiger partial charge in [0.25, 0.3) is 5.69 Å². The molecule has 0 bridgehead atoms. The summed E-state index contributed by atoms with van der Waals surface area (Å²) in [5.41, 5.74) is 2.34. The van der Waals surface area contributed by atoms with Crippen LogP contribution in [-0.2, 0) is 21.4 Å². The van der Waals surface area contributed by atoms with Gasteiger partial charge in [0, 0.05) is 25.7 Å².